The molecule has 1 aromatic carbocycles. The molecule has 82 valence electrons. The third kappa shape index (κ3) is 2.38. The van der Waals surface area contributed by atoms with Gasteiger partial charge in [0, 0.05) is 11.6 Å². The van der Waals surface area contributed by atoms with Crippen LogP contribution in [0.4, 0.5) is 0 Å². The molecule has 1 aromatic rings. The second-order valence-corrected chi connectivity index (χ2v) is 5.53. The Morgan fingerprint density at radius 2 is 2.07 bits per heavy atom. The van der Waals surface area contributed by atoms with Crippen molar-refractivity contribution in [1.29, 1.82) is 0 Å². The zero-order chi connectivity index (χ0) is 10.9. The van der Waals surface area contributed by atoms with E-state index in [0.29, 0.717) is 0 Å². The van der Waals surface area contributed by atoms with E-state index in [1.807, 2.05) is 12.1 Å². The zero-order valence-electron chi connectivity index (χ0n) is 8.67. The van der Waals surface area contributed by atoms with Gasteiger partial charge in [-0.25, -0.2) is 0 Å². The van der Waals surface area contributed by atoms with Gasteiger partial charge in [0.1, 0.15) is 0 Å². The van der Waals surface area contributed by atoms with Gasteiger partial charge in [-0.05, 0) is 37.5 Å². The molecule has 0 N–H and O–H groups in total. The normalized spacial score (nSPS) is 27.9. The summed E-state index contributed by atoms with van der Waals surface area (Å²) >= 11 is 9.59. The molecule has 2 unspecified atom stereocenters. The summed E-state index contributed by atoms with van der Waals surface area (Å²) in [5, 5.41) is 0.774. The largest absolute Gasteiger partial charge is 0.374 e. The van der Waals surface area contributed by atoms with Crippen molar-refractivity contribution < 1.29 is 4.74 Å². The van der Waals surface area contributed by atoms with E-state index < -0.39 is 0 Å². The highest BCUT2D eigenvalue weighted by Gasteiger charge is 2.37. The first-order valence-corrected chi connectivity index (χ1v) is 6.45. The molecule has 0 radical (unpaired) electrons. The second-order valence-electron chi connectivity index (χ2n) is 4.18. The smallest absolute Gasteiger partial charge is 0.0820 e. The minimum Gasteiger partial charge on any atom is -0.374 e. The zero-order valence-corrected chi connectivity index (χ0v) is 11.0. The average molecular weight is 290 g/mol. The molecule has 0 spiro atoms. The molecule has 1 fully saturated rings. The maximum Gasteiger partial charge on any atom is 0.0820 e. The van der Waals surface area contributed by atoms with E-state index in [4.69, 9.17) is 16.3 Å². The van der Waals surface area contributed by atoms with Crippen molar-refractivity contribution in [3.05, 3.63) is 34.9 Å². The minimum absolute atomic E-state index is 0.0756. The van der Waals surface area contributed by atoms with Crippen LogP contribution in [0.1, 0.15) is 30.2 Å². The van der Waals surface area contributed by atoms with E-state index in [1.54, 1.807) is 0 Å². The standard InChI is InChI=1S/C12H14BrClO/c1-12(7-2-8-15-12)11(13)9-3-5-10(14)6-4-9/h3-6,11H,2,7-8H2,1H3. The van der Waals surface area contributed by atoms with E-state index >= 15 is 0 Å². The summed E-state index contributed by atoms with van der Waals surface area (Å²) in [6.45, 7) is 3.03. The minimum atomic E-state index is -0.0756. The van der Waals surface area contributed by atoms with E-state index in [1.165, 1.54) is 5.56 Å². The van der Waals surface area contributed by atoms with Crippen molar-refractivity contribution in [3.63, 3.8) is 0 Å². The molecule has 1 heterocycles. The van der Waals surface area contributed by atoms with E-state index in [2.05, 4.69) is 35.0 Å². The number of ether oxygens (including phenoxy) is 1. The van der Waals surface area contributed by atoms with Crippen LogP contribution < -0.4 is 0 Å². The summed E-state index contributed by atoms with van der Waals surface area (Å²) in [7, 11) is 0. The summed E-state index contributed by atoms with van der Waals surface area (Å²) < 4.78 is 5.81. The first-order valence-electron chi connectivity index (χ1n) is 5.15. The maximum atomic E-state index is 5.86. The van der Waals surface area contributed by atoms with Crippen molar-refractivity contribution in [2.75, 3.05) is 6.61 Å². The fraction of sp³-hybridized carbons (Fsp3) is 0.500. The molecule has 0 aromatic heterocycles. The van der Waals surface area contributed by atoms with Gasteiger partial charge in [0.2, 0.25) is 0 Å². The summed E-state index contributed by atoms with van der Waals surface area (Å²) in [6.07, 6.45) is 2.25. The highest BCUT2D eigenvalue weighted by Crippen LogP contribution is 2.43. The van der Waals surface area contributed by atoms with Gasteiger partial charge in [0.05, 0.1) is 10.4 Å². The van der Waals surface area contributed by atoms with Gasteiger partial charge in [-0.1, -0.05) is 39.7 Å². The first kappa shape index (κ1) is 11.4. The Bertz CT molecular complexity index is 330. The summed E-state index contributed by atoms with van der Waals surface area (Å²) in [5.41, 5.74) is 1.15. The van der Waals surface area contributed by atoms with Gasteiger partial charge >= 0.3 is 0 Å². The topological polar surface area (TPSA) is 9.23 Å². The Labute approximate surface area is 104 Å². The van der Waals surface area contributed by atoms with Crippen LogP contribution in [0.5, 0.6) is 0 Å². The van der Waals surface area contributed by atoms with Crippen molar-refractivity contribution >= 4 is 27.5 Å². The molecule has 2 atom stereocenters. The van der Waals surface area contributed by atoms with Crippen molar-refractivity contribution in [1.82, 2.24) is 0 Å². The SMILES string of the molecule is CC1(C(Br)c2ccc(Cl)cc2)CCCO1. The molecule has 3 heteroatoms. The number of rotatable bonds is 2. The van der Waals surface area contributed by atoms with E-state index in [0.717, 1.165) is 24.5 Å². The number of halogens is 2. The molecule has 0 amide bonds. The van der Waals surface area contributed by atoms with Crippen LogP contribution in [0, 0.1) is 0 Å². The predicted molar refractivity (Wildman–Crippen MR) is 66.7 cm³/mol. The third-order valence-corrected chi connectivity index (χ3v) is 4.70. The second kappa shape index (κ2) is 4.44. The van der Waals surface area contributed by atoms with Gasteiger partial charge in [-0.15, -0.1) is 0 Å². The lowest BCUT2D eigenvalue weighted by Gasteiger charge is -2.29. The molecule has 0 aliphatic carbocycles. The lowest BCUT2D eigenvalue weighted by atomic mass is 9.93. The van der Waals surface area contributed by atoms with E-state index in [-0.39, 0.29) is 10.4 Å². The Balaban J connectivity index is 2.19. The van der Waals surface area contributed by atoms with Crippen LogP contribution >= 0.6 is 27.5 Å². The summed E-state index contributed by atoms with van der Waals surface area (Å²) in [5.74, 6) is 0. The average Bonchev–Trinajstić information content (AvgIpc) is 2.67. The lowest BCUT2D eigenvalue weighted by molar-refractivity contribution is 0.0197. The molecule has 15 heavy (non-hydrogen) atoms. The number of hydrogen-bond donors (Lipinski definition) is 0. The van der Waals surface area contributed by atoms with Gasteiger partial charge < -0.3 is 4.74 Å². The predicted octanol–water partition coefficient (Wildman–Crippen LogP) is 4.35. The molecule has 1 saturated heterocycles. The fourth-order valence-electron chi connectivity index (χ4n) is 1.98. The van der Waals surface area contributed by atoms with Crippen LogP contribution in [0.15, 0.2) is 24.3 Å². The molecular weight excluding hydrogens is 275 g/mol. The van der Waals surface area contributed by atoms with Gasteiger partial charge in [-0.2, -0.15) is 0 Å². The Kier molecular flexibility index (Phi) is 3.39. The monoisotopic (exact) mass is 288 g/mol. The molecule has 2 rings (SSSR count). The Morgan fingerprint density at radius 3 is 2.60 bits per heavy atom. The lowest BCUT2D eigenvalue weighted by Crippen LogP contribution is -2.28. The number of benzene rings is 1. The van der Waals surface area contributed by atoms with Crippen molar-refractivity contribution in [3.8, 4) is 0 Å². The van der Waals surface area contributed by atoms with Crippen LogP contribution in [0.2, 0.25) is 5.02 Å². The van der Waals surface area contributed by atoms with Gasteiger partial charge in [0.25, 0.3) is 0 Å². The number of alkyl halides is 1. The Morgan fingerprint density at radius 1 is 1.40 bits per heavy atom. The van der Waals surface area contributed by atoms with Gasteiger partial charge in [0.15, 0.2) is 0 Å². The number of hydrogen-bond acceptors (Lipinski definition) is 1. The molecule has 0 bridgehead atoms. The highest BCUT2D eigenvalue weighted by atomic mass is 79.9. The highest BCUT2D eigenvalue weighted by molar-refractivity contribution is 9.09. The fourth-order valence-corrected chi connectivity index (χ4v) is 2.78. The third-order valence-electron chi connectivity index (χ3n) is 2.95. The summed E-state index contributed by atoms with van der Waals surface area (Å²) in [4.78, 5) is 0.241. The van der Waals surface area contributed by atoms with E-state index in [9.17, 15) is 0 Å². The summed E-state index contributed by atoms with van der Waals surface area (Å²) in [6, 6.07) is 7.94. The maximum absolute atomic E-state index is 5.86. The van der Waals surface area contributed by atoms with Gasteiger partial charge in [-0.3, -0.25) is 0 Å². The molecule has 0 saturated carbocycles. The van der Waals surface area contributed by atoms with Crippen LogP contribution in [0.3, 0.4) is 0 Å². The quantitative estimate of drug-likeness (QED) is 0.736. The molecule has 1 aliphatic heterocycles. The van der Waals surface area contributed by atoms with Crippen LogP contribution in [-0.2, 0) is 4.74 Å². The van der Waals surface area contributed by atoms with Crippen LogP contribution in [-0.4, -0.2) is 12.2 Å². The first-order chi connectivity index (χ1) is 7.12. The van der Waals surface area contributed by atoms with Crippen molar-refractivity contribution in [2.45, 2.75) is 30.2 Å². The molecular formula is C12H14BrClO. The Hall–Kier alpha value is -0.0500. The van der Waals surface area contributed by atoms with Crippen LogP contribution in [0.25, 0.3) is 0 Å². The van der Waals surface area contributed by atoms with Crippen molar-refractivity contribution in [2.24, 2.45) is 0 Å². The molecule has 1 aliphatic rings. The molecule has 1 nitrogen and oxygen atoms in total.